The molecule has 1 rings (SSSR count). The first-order chi connectivity index (χ1) is 8.83. The zero-order valence-electron chi connectivity index (χ0n) is 11.8. The van der Waals surface area contributed by atoms with Gasteiger partial charge in [0.2, 0.25) is 5.91 Å². The topological polar surface area (TPSA) is 50.4 Å². The third-order valence-electron chi connectivity index (χ3n) is 2.86. The molecule has 1 aliphatic heterocycles. The van der Waals surface area contributed by atoms with Crippen LogP contribution in [0.3, 0.4) is 0 Å². The number of thioether (sulfide) groups is 1. The van der Waals surface area contributed by atoms with Crippen LogP contribution in [-0.4, -0.2) is 49.8 Å². The molecule has 6 heteroatoms. The van der Waals surface area contributed by atoms with Gasteiger partial charge in [-0.15, -0.1) is 12.4 Å². The van der Waals surface area contributed by atoms with Crippen LogP contribution in [0.25, 0.3) is 0 Å². The van der Waals surface area contributed by atoms with Crippen LogP contribution < -0.4 is 10.6 Å². The highest BCUT2D eigenvalue weighted by atomic mass is 35.5. The zero-order chi connectivity index (χ0) is 13.1. The van der Waals surface area contributed by atoms with Crippen LogP contribution in [-0.2, 0) is 9.53 Å². The predicted octanol–water partition coefficient (Wildman–Crippen LogP) is 1.83. The normalized spacial score (nSPS) is 18.7. The average molecular weight is 311 g/mol. The molecular weight excluding hydrogens is 284 g/mol. The van der Waals surface area contributed by atoms with Crippen LogP contribution in [0.4, 0.5) is 0 Å². The standard InChI is InChI=1S/C13H26N2O2S.ClH/c1-2-3-7-17-8-4-5-15-13(16)10-12-11-18-9-6-14-12;/h12,14H,2-11H2,1H3,(H,15,16);1H. The second-order valence-corrected chi connectivity index (χ2v) is 5.75. The summed E-state index contributed by atoms with van der Waals surface area (Å²) in [5, 5.41) is 6.32. The molecule has 1 saturated heterocycles. The summed E-state index contributed by atoms with van der Waals surface area (Å²) in [6.45, 7) is 5.49. The fraction of sp³-hybridized carbons (Fsp3) is 0.923. The van der Waals surface area contributed by atoms with Crippen molar-refractivity contribution in [2.75, 3.05) is 37.8 Å². The van der Waals surface area contributed by atoms with Crippen LogP contribution in [0, 0.1) is 0 Å². The number of rotatable bonds is 9. The molecule has 0 radical (unpaired) electrons. The molecule has 1 unspecified atom stereocenters. The van der Waals surface area contributed by atoms with Gasteiger partial charge < -0.3 is 15.4 Å². The lowest BCUT2D eigenvalue weighted by Gasteiger charge is -2.22. The first kappa shape index (κ1) is 19.0. The van der Waals surface area contributed by atoms with E-state index in [0.717, 1.165) is 50.7 Å². The Morgan fingerprint density at radius 2 is 2.21 bits per heavy atom. The van der Waals surface area contributed by atoms with E-state index >= 15 is 0 Å². The third kappa shape index (κ3) is 10.5. The van der Waals surface area contributed by atoms with Gasteiger partial charge >= 0.3 is 0 Å². The number of amides is 1. The van der Waals surface area contributed by atoms with E-state index in [-0.39, 0.29) is 18.3 Å². The van der Waals surface area contributed by atoms with Crippen molar-refractivity contribution >= 4 is 30.1 Å². The summed E-state index contributed by atoms with van der Waals surface area (Å²) in [6.07, 6.45) is 3.80. The summed E-state index contributed by atoms with van der Waals surface area (Å²) in [6, 6.07) is 0.351. The van der Waals surface area contributed by atoms with E-state index in [1.165, 1.54) is 6.42 Å². The highest BCUT2D eigenvalue weighted by Gasteiger charge is 2.15. The maximum atomic E-state index is 11.6. The monoisotopic (exact) mass is 310 g/mol. The first-order valence-corrected chi connectivity index (χ1v) is 8.14. The molecule has 1 fully saturated rings. The quantitative estimate of drug-likeness (QED) is 0.638. The Kier molecular flexibility index (Phi) is 13.1. The van der Waals surface area contributed by atoms with E-state index in [1.807, 2.05) is 11.8 Å². The van der Waals surface area contributed by atoms with Crippen LogP contribution in [0.1, 0.15) is 32.6 Å². The molecule has 1 aliphatic rings. The minimum atomic E-state index is 0. The molecule has 0 bridgehead atoms. The Morgan fingerprint density at radius 3 is 2.89 bits per heavy atom. The summed E-state index contributed by atoms with van der Waals surface area (Å²) in [7, 11) is 0. The minimum Gasteiger partial charge on any atom is -0.381 e. The molecule has 4 nitrogen and oxygen atoms in total. The van der Waals surface area contributed by atoms with Gasteiger partial charge in [-0.25, -0.2) is 0 Å². The highest BCUT2D eigenvalue weighted by Crippen LogP contribution is 2.09. The van der Waals surface area contributed by atoms with Crippen molar-refractivity contribution in [3.8, 4) is 0 Å². The van der Waals surface area contributed by atoms with Gasteiger partial charge in [-0.1, -0.05) is 13.3 Å². The van der Waals surface area contributed by atoms with Crippen molar-refractivity contribution in [2.24, 2.45) is 0 Å². The molecule has 114 valence electrons. The molecule has 0 aliphatic carbocycles. The number of halogens is 1. The van der Waals surface area contributed by atoms with Gasteiger partial charge in [0.15, 0.2) is 0 Å². The smallest absolute Gasteiger partial charge is 0.221 e. The summed E-state index contributed by atoms with van der Waals surface area (Å²) in [5.74, 6) is 2.37. The number of unbranched alkanes of at least 4 members (excludes halogenated alkanes) is 1. The van der Waals surface area contributed by atoms with E-state index in [9.17, 15) is 4.79 Å². The van der Waals surface area contributed by atoms with Crippen molar-refractivity contribution in [2.45, 2.75) is 38.6 Å². The molecule has 1 heterocycles. The zero-order valence-corrected chi connectivity index (χ0v) is 13.4. The van der Waals surface area contributed by atoms with Crippen molar-refractivity contribution < 1.29 is 9.53 Å². The highest BCUT2D eigenvalue weighted by molar-refractivity contribution is 7.99. The average Bonchev–Trinajstić information content (AvgIpc) is 2.39. The van der Waals surface area contributed by atoms with Crippen LogP contribution in [0.15, 0.2) is 0 Å². The molecular formula is C13H27ClN2O2S. The SMILES string of the molecule is CCCCOCCCNC(=O)CC1CSCCN1.Cl. The van der Waals surface area contributed by atoms with Crippen molar-refractivity contribution in [1.29, 1.82) is 0 Å². The van der Waals surface area contributed by atoms with Gasteiger partial charge in [0.1, 0.15) is 0 Å². The molecule has 0 aromatic carbocycles. The fourth-order valence-corrected chi connectivity index (χ4v) is 2.75. The molecule has 0 aromatic heterocycles. The lowest BCUT2D eigenvalue weighted by Crippen LogP contribution is -2.41. The maximum Gasteiger partial charge on any atom is 0.221 e. The number of carbonyl (C=O) groups is 1. The van der Waals surface area contributed by atoms with E-state index in [0.29, 0.717) is 12.5 Å². The minimum absolute atomic E-state index is 0. The van der Waals surface area contributed by atoms with Crippen LogP contribution >= 0.6 is 24.2 Å². The van der Waals surface area contributed by atoms with Gasteiger partial charge in [-0.05, 0) is 12.8 Å². The lowest BCUT2D eigenvalue weighted by molar-refractivity contribution is -0.121. The fourth-order valence-electron chi connectivity index (χ4n) is 1.80. The van der Waals surface area contributed by atoms with E-state index in [2.05, 4.69) is 17.6 Å². The number of ether oxygens (including phenoxy) is 1. The van der Waals surface area contributed by atoms with Crippen molar-refractivity contribution in [1.82, 2.24) is 10.6 Å². The maximum absolute atomic E-state index is 11.6. The largest absolute Gasteiger partial charge is 0.381 e. The van der Waals surface area contributed by atoms with Crippen molar-refractivity contribution in [3.63, 3.8) is 0 Å². The Hall–Kier alpha value is 0.0300. The number of carbonyl (C=O) groups excluding carboxylic acids is 1. The second-order valence-electron chi connectivity index (χ2n) is 4.60. The lowest BCUT2D eigenvalue weighted by atomic mass is 10.2. The Morgan fingerprint density at radius 1 is 1.42 bits per heavy atom. The predicted molar refractivity (Wildman–Crippen MR) is 84.3 cm³/mol. The molecule has 0 aromatic rings. The van der Waals surface area contributed by atoms with Crippen molar-refractivity contribution in [3.05, 3.63) is 0 Å². The van der Waals surface area contributed by atoms with Crippen LogP contribution in [0.2, 0.25) is 0 Å². The molecule has 1 amide bonds. The molecule has 1 atom stereocenters. The molecule has 19 heavy (non-hydrogen) atoms. The third-order valence-corrected chi connectivity index (χ3v) is 3.99. The van der Waals surface area contributed by atoms with Gasteiger partial charge in [0.05, 0.1) is 0 Å². The summed E-state index contributed by atoms with van der Waals surface area (Å²) >= 11 is 1.92. The molecule has 0 spiro atoms. The van der Waals surface area contributed by atoms with Gasteiger partial charge in [0.25, 0.3) is 0 Å². The number of hydrogen-bond acceptors (Lipinski definition) is 4. The molecule has 0 saturated carbocycles. The summed E-state index contributed by atoms with van der Waals surface area (Å²) in [4.78, 5) is 11.6. The van der Waals surface area contributed by atoms with E-state index in [1.54, 1.807) is 0 Å². The Labute approximate surface area is 127 Å². The van der Waals surface area contributed by atoms with Gasteiger partial charge in [-0.2, -0.15) is 11.8 Å². The Balaban J connectivity index is 0.00000324. The van der Waals surface area contributed by atoms with Crippen LogP contribution in [0.5, 0.6) is 0 Å². The number of nitrogens with one attached hydrogen (secondary N) is 2. The summed E-state index contributed by atoms with van der Waals surface area (Å²) < 4.78 is 5.44. The first-order valence-electron chi connectivity index (χ1n) is 6.98. The van der Waals surface area contributed by atoms with E-state index in [4.69, 9.17) is 4.74 Å². The Bertz CT molecular complexity index is 227. The summed E-state index contributed by atoms with van der Waals surface area (Å²) in [5.41, 5.74) is 0. The van der Waals surface area contributed by atoms with Gasteiger partial charge in [-0.3, -0.25) is 4.79 Å². The second kappa shape index (κ2) is 13.0. The number of hydrogen-bond donors (Lipinski definition) is 2. The molecule has 2 N–H and O–H groups in total. The van der Waals surface area contributed by atoms with Gasteiger partial charge in [0, 0.05) is 50.3 Å². The van der Waals surface area contributed by atoms with E-state index < -0.39 is 0 Å².